The molecule has 2 amide bonds. The van der Waals surface area contributed by atoms with Gasteiger partial charge in [-0.05, 0) is 49.8 Å². The number of hydrogen-bond donors (Lipinski definition) is 2. The summed E-state index contributed by atoms with van der Waals surface area (Å²) in [4.78, 5) is 25.2. The highest BCUT2D eigenvalue weighted by Crippen LogP contribution is 2.27. The third kappa shape index (κ3) is 5.68. The maximum atomic E-state index is 13.1. The van der Waals surface area contributed by atoms with Crippen LogP contribution in [0.2, 0.25) is 0 Å². The molecule has 0 unspecified atom stereocenters. The van der Waals surface area contributed by atoms with Crippen LogP contribution >= 0.6 is 11.3 Å². The molecule has 0 radical (unpaired) electrons. The lowest BCUT2D eigenvalue weighted by Gasteiger charge is -2.34. The first-order valence-corrected chi connectivity index (χ1v) is 12.4. The molecule has 1 aromatic heterocycles. The Morgan fingerprint density at radius 3 is 2.53 bits per heavy atom. The third-order valence-corrected chi connectivity index (χ3v) is 8.02. The predicted octanol–water partition coefficient (Wildman–Crippen LogP) is 2.42. The van der Waals surface area contributed by atoms with Gasteiger partial charge in [0.1, 0.15) is 0 Å². The Morgan fingerprint density at radius 1 is 1.10 bits per heavy atom. The Kier molecular flexibility index (Phi) is 7.63. The van der Waals surface area contributed by atoms with Gasteiger partial charge >= 0.3 is 11.8 Å². The molecule has 0 saturated carbocycles. The first-order chi connectivity index (χ1) is 14.4. The molecule has 30 heavy (non-hydrogen) atoms. The summed E-state index contributed by atoms with van der Waals surface area (Å²) in [6, 6.07) is 10.4. The van der Waals surface area contributed by atoms with Gasteiger partial charge in [-0.25, -0.2) is 8.42 Å². The Balaban J connectivity index is 1.53. The highest BCUT2D eigenvalue weighted by Gasteiger charge is 2.33. The molecule has 7 nitrogen and oxygen atoms in total. The number of piperidine rings is 1. The van der Waals surface area contributed by atoms with Gasteiger partial charge in [0.15, 0.2) is 0 Å². The number of thiophene rings is 1. The van der Waals surface area contributed by atoms with Crippen molar-refractivity contribution >= 4 is 33.2 Å². The van der Waals surface area contributed by atoms with Crippen LogP contribution in [0.4, 0.5) is 0 Å². The van der Waals surface area contributed by atoms with Gasteiger partial charge in [0.25, 0.3) is 0 Å². The van der Waals surface area contributed by atoms with E-state index in [1.54, 1.807) is 28.6 Å². The zero-order valence-corrected chi connectivity index (χ0v) is 18.6. The Bertz CT molecular complexity index is 957. The van der Waals surface area contributed by atoms with Crippen LogP contribution in [0, 0.1) is 6.92 Å². The molecule has 1 saturated heterocycles. The molecule has 2 heterocycles. The van der Waals surface area contributed by atoms with Gasteiger partial charge in [0.2, 0.25) is 10.0 Å². The summed E-state index contributed by atoms with van der Waals surface area (Å²) >= 11 is 1.51. The van der Waals surface area contributed by atoms with Crippen LogP contribution < -0.4 is 10.6 Å². The number of sulfonamides is 1. The van der Waals surface area contributed by atoms with E-state index in [0.29, 0.717) is 19.5 Å². The molecule has 1 atom stereocenters. The van der Waals surface area contributed by atoms with E-state index in [1.807, 2.05) is 24.4 Å². The van der Waals surface area contributed by atoms with Gasteiger partial charge in [-0.15, -0.1) is 11.3 Å². The quantitative estimate of drug-likeness (QED) is 0.635. The van der Waals surface area contributed by atoms with E-state index in [4.69, 9.17) is 0 Å². The van der Waals surface area contributed by atoms with Crippen LogP contribution in [0.25, 0.3) is 0 Å². The minimum Gasteiger partial charge on any atom is -0.348 e. The van der Waals surface area contributed by atoms with Crippen LogP contribution in [-0.4, -0.2) is 43.7 Å². The van der Waals surface area contributed by atoms with Gasteiger partial charge in [-0.2, -0.15) is 4.31 Å². The summed E-state index contributed by atoms with van der Waals surface area (Å²) in [5.74, 6) is -1.38. The Labute approximate surface area is 181 Å². The van der Waals surface area contributed by atoms with E-state index >= 15 is 0 Å². The SMILES string of the molecule is Cc1ccc(S(=O)(=O)N2CCCC[C@H]2CCNC(=O)C(=O)NCc2cccs2)cc1. The van der Waals surface area contributed by atoms with Crippen LogP contribution in [0.15, 0.2) is 46.7 Å². The predicted molar refractivity (Wildman–Crippen MR) is 117 cm³/mol. The van der Waals surface area contributed by atoms with Crippen LogP contribution in [0.5, 0.6) is 0 Å². The number of aryl methyl sites for hydroxylation is 1. The van der Waals surface area contributed by atoms with Crippen molar-refractivity contribution in [1.29, 1.82) is 0 Å². The fraction of sp³-hybridized carbons (Fsp3) is 0.429. The largest absolute Gasteiger partial charge is 0.348 e. The molecule has 162 valence electrons. The molecular weight excluding hydrogens is 422 g/mol. The van der Waals surface area contributed by atoms with E-state index in [2.05, 4.69) is 10.6 Å². The van der Waals surface area contributed by atoms with Crippen LogP contribution in [0.3, 0.4) is 0 Å². The van der Waals surface area contributed by atoms with Crippen molar-refractivity contribution in [3.8, 4) is 0 Å². The fourth-order valence-corrected chi connectivity index (χ4v) is 5.89. The molecule has 2 aromatic rings. The number of carbonyl (C=O) groups excluding carboxylic acids is 2. The van der Waals surface area contributed by atoms with E-state index in [1.165, 1.54) is 11.3 Å². The second-order valence-electron chi connectivity index (χ2n) is 7.39. The minimum absolute atomic E-state index is 0.195. The summed E-state index contributed by atoms with van der Waals surface area (Å²) in [5.41, 5.74) is 1.00. The number of amides is 2. The zero-order valence-electron chi connectivity index (χ0n) is 17.0. The normalized spacial score (nSPS) is 17.4. The highest BCUT2D eigenvalue weighted by molar-refractivity contribution is 7.89. The van der Waals surface area contributed by atoms with Crippen LogP contribution in [0.1, 0.15) is 36.1 Å². The number of nitrogens with zero attached hydrogens (tertiary/aromatic N) is 1. The first-order valence-electron chi connectivity index (χ1n) is 10.0. The molecule has 1 aliphatic heterocycles. The highest BCUT2D eigenvalue weighted by atomic mass is 32.2. The molecule has 0 spiro atoms. The topological polar surface area (TPSA) is 95.6 Å². The molecule has 0 bridgehead atoms. The average Bonchev–Trinajstić information content (AvgIpc) is 3.26. The van der Waals surface area contributed by atoms with E-state index in [-0.39, 0.29) is 17.5 Å². The van der Waals surface area contributed by atoms with Gasteiger partial charge < -0.3 is 10.6 Å². The van der Waals surface area contributed by atoms with Gasteiger partial charge in [0, 0.05) is 24.0 Å². The third-order valence-electron chi connectivity index (χ3n) is 5.17. The summed E-state index contributed by atoms with van der Waals surface area (Å²) in [7, 11) is -3.59. The second kappa shape index (κ2) is 10.2. The second-order valence-corrected chi connectivity index (χ2v) is 10.3. The van der Waals surface area contributed by atoms with Crippen molar-refractivity contribution < 1.29 is 18.0 Å². The molecule has 2 N–H and O–H groups in total. The van der Waals surface area contributed by atoms with E-state index < -0.39 is 21.8 Å². The molecule has 1 aromatic carbocycles. The summed E-state index contributed by atoms with van der Waals surface area (Å²) in [6.45, 7) is 2.94. The lowest BCUT2D eigenvalue weighted by atomic mass is 10.0. The minimum atomic E-state index is -3.59. The van der Waals surface area contributed by atoms with E-state index in [9.17, 15) is 18.0 Å². The number of hydrogen-bond acceptors (Lipinski definition) is 5. The number of rotatable bonds is 7. The number of benzene rings is 1. The smallest absolute Gasteiger partial charge is 0.309 e. The zero-order chi connectivity index (χ0) is 21.6. The first kappa shape index (κ1) is 22.5. The number of carbonyl (C=O) groups is 2. The molecular formula is C21H27N3O4S2. The van der Waals surface area contributed by atoms with Gasteiger partial charge in [-0.3, -0.25) is 9.59 Å². The Hall–Kier alpha value is -2.23. The monoisotopic (exact) mass is 449 g/mol. The molecule has 1 fully saturated rings. The summed E-state index contributed by atoms with van der Waals surface area (Å²) < 4.78 is 27.7. The molecule has 9 heteroatoms. The lowest BCUT2D eigenvalue weighted by Crippen LogP contribution is -2.46. The van der Waals surface area contributed by atoms with Crippen molar-refractivity contribution in [2.24, 2.45) is 0 Å². The van der Waals surface area contributed by atoms with Crippen molar-refractivity contribution in [2.75, 3.05) is 13.1 Å². The molecule has 3 rings (SSSR count). The lowest BCUT2D eigenvalue weighted by molar-refractivity contribution is -0.139. The molecule has 0 aliphatic carbocycles. The van der Waals surface area contributed by atoms with Crippen molar-refractivity contribution in [2.45, 2.75) is 50.1 Å². The van der Waals surface area contributed by atoms with E-state index in [0.717, 1.165) is 29.7 Å². The summed E-state index contributed by atoms with van der Waals surface area (Å²) in [5, 5.41) is 7.10. The van der Waals surface area contributed by atoms with Crippen LogP contribution in [-0.2, 0) is 26.2 Å². The van der Waals surface area contributed by atoms with Crippen molar-refractivity contribution in [3.63, 3.8) is 0 Å². The van der Waals surface area contributed by atoms with Crippen molar-refractivity contribution in [3.05, 3.63) is 52.2 Å². The maximum absolute atomic E-state index is 13.1. The van der Waals surface area contributed by atoms with Gasteiger partial charge in [0.05, 0.1) is 11.4 Å². The number of nitrogens with one attached hydrogen (secondary N) is 2. The Morgan fingerprint density at radius 2 is 1.83 bits per heavy atom. The van der Waals surface area contributed by atoms with Gasteiger partial charge in [-0.1, -0.05) is 30.2 Å². The van der Waals surface area contributed by atoms with Crippen molar-refractivity contribution in [1.82, 2.24) is 14.9 Å². The average molecular weight is 450 g/mol. The standard InChI is InChI=1S/C21H27N3O4S2/c1-16-7-9-19(10-8-16)30(27,28)24-13-3-2-5-17(24)11-12-22-20(25)21(26)23-15-18-6-4-14-29-18/h4,6-10,14,17H,2-3,5,11-13,15H2,1H3,(H,22,25)(H,23,26)/t17-/m0/s1. The maximum Gasteiger partial charge on any atom is 0.309 e. The fourth-order valence-electron chi connectivity index (χ4n) is 3.52. The summed E-state index contributed by atoms with van der Waals surface area (Å²) in [6.07, 6.45) is 2.97. The molecule has 1 aliphatic rings.